The highest BCUT2D eigenvalue weighted by Crippen LogP contribution is 2.62. The van der Waals surface area contributed by atoms with E-state index in [2.05, 4.69) is 117 Å². The third kappa shape index (κ3) is 5.02. The van der Waals surface area contributed by atoms with Crippen LogP contribution in [0.4, 0.5) is 17.1 Å². The van der Waals surface area contributed by atoms with Gasteiger partial charge in [0.2, 0.25) is 0 Å². The van der Waals surface area contributed by atoms with Gasteiger partial charge in [0.15, 0.2) is 11.5 Å². The number of hydrogen-bond acceptors (Lipinski definition) is 7. The van der Waals surface area contributed by atoms with Gasteiger partial charge in [0.05, 0.1) is 85.4 Å². The molecule has 15 rings (SSSR count). The Morgan fingerprint density at radius 1 is 0.400 bits per heavy atom. The highest BCUT2D eigenvalue weighted by atomic mass is 16.5. The first-order chi connectivity index (χ1) is 34.6. The number of pyridine rings is 2. The van der Waals surface area contributed by atoms with Crippen molar-refractivity contribution in [2.24, 2.45) is 0 Å². The zero-order valence-electron chi connectivity index (χ0n) is 37.0. The Kier molecular flexibility index (Phi) is 7.65. The summed E-state index contributed by atoms with van der Waals surface area (Å²) in [6.45, 7) is 0. The highest BCUT2D eigenvalue weighted by molar-refractivity contribution is 6.12. The van der Waals surface area contributed by atoms with Gasteiger partial charge in [-0.15, -0.1) is 0 Å². The van der Waals surface area contributed by atoms with E-state index in [-0.39, 0.29) is 0 Å². The van der Waals surface area contributed by atoms with Gasteiger partial charge in [-0.1, -0.05) is 72.8 Å². The Morgan fingerprint density at radius 3 is 1.71 bits per heavy atom. The number of benzene rings is 8. The highest BCUT2D eigenvalue weighted by Gasteiger charge is 2.52. The first-order valence-electron chi connectivity index (χ1n) is 23.1. The molecule has 0 saturated carbocycles. The Balaban J connectivity index is 0.953. The average Bonchev–Trinajstić information content (AvgIpc) is 4.03. The molecule has 1 spiro atoms. The zero-order valence-corrected chi connectivity index (χ0v) is 37.0. The van der Waals surface area contributed by atoms with Crippen LogP contribution in [0.3, 0.4) is 0 Å². The van der Waals surface area contributed by atoms with Crippen LogP contribution in [0.15, 0.2) is 200 Å². The number of nitrogens with zero attached hydrogens (tertiary/aromatic N) is 7. The van der Waals surface area contributed by atoms with Crippen LogP contribution in [0.25, 0.3) is 66.4 Å². The van der Waals surface area contributed by atoms with Crippen LogP contribution >= 0.6 is 0 Å². The SMILES string of the molecule is N#Cc1ccc2c(c1)c1ccccc1n2-c1cnc2c(c1)C1(c3ccccc3Oc3cc(-n4c5ccc(C#N)cc5c5cc(N6c7ccccc7Oc7ccccc76)ccc54)ccc31)c1cccnc1-2. The van der Waals surface area contributed by atoms with Gasteiger partial charge >= 0.3 is 0 Å². The third-order valence-corrected chi connectivity index (χ3v) is 14.5. The molecule has 324 valence electrons. The van der Waals surface area contributed by atoms with E-state index in [0.717, 1.165) is 123 Å². The minimum atomic E-state index is -0.848. The van der Waals surface area contributed by atoms with E-state index in [1.807, 2.05) is 109 Å². The van der Waals surface area contributed by atoms with Crippen molar-refractivity contribution in [3.8, 4) is 57.9 Å². The smallest absolute Gasteiger partial charge is 0.151 e. The number of hydrogen-bond donors (Lipinski definition) is 0. The van der Waals surface area contributed by atoms with E-state index in [4.69, 9.17) is 19.4 Å². The molecular weight excluding hydrogens is 863 g/mol. The topological polar surface area (TPSA) is 105 Å². The number of aromatic nitrogens is 4. The van der Waals surface area contributed by atoms with Gasteiger partial charge in [0.25, 0.3) is 0 Å². The fraction of sp³-hybridized carbons (Fsp3) is 0.0164. The summed E-state index contributed by atoms with van der Waals surface area (Å²) in [5.74, 6) is 3.02. The van der Waals surface area contributed by atoms with Crippen molar-refractivity contribution in [1.82, 2.24) is 19.1 Å². The van der Waals surface area contributed by atoms with E-state index in [1.165, 1.54) is 0 Å². The molecule has 6 heterocycles. The lowest BCUT2D eigenvalue weighted by Gasteiger charge is -2.39. The predicted octanol–water partition coefficient (Wildman–Crippen LogP) is 14.5. The van der Waals surface area contributed by atoms with Gasteiger partial charge in [0.1, 0.15) is 11.5 Å². The van der Waals surface area contributed by atoms with Crippen molar-refractivity contribution in [3.05, 3.63) is 234 Å². The van der Waals surface area contributed by atoms with Crippen LogP contribution in [-0.4, -0.2) is 19.1 Å². The van der Waals surface area contributed by atoms with E-state index in [0.29, 0.717) is 16.9 Å². The quantitative estimate of drug-likeness (QED) is 0.174. The summed E-state index contributed by atoms with van der Waals surface area (Å²) in [7, 11) is 0. The van der Waals surface area contributed by atoms with Crippen LogP contribution in [0.2, 0.25) is 0 Å². The summed E-state index contributed by atoms with van der Waals surface area (Å²) in [4.78, 5) is 12.6. The molecule has 9 nitrogen and oxygen atoms in total. The van der Waals surface area contributed by atoms with E-state index in [9.17, 15) is 10.5 Å². The summed E-state index contributed by atoms with van der Waals surface area (Å²) in [5, 5.41) is 24.1. The number of ether oxygens (including phenoxy) is 2. The molecule has 9 heteroatoms. The lowest BCUT2D eigenvalue weighted by molar-refractivity contribution is 0.436. The Labute approximate surface area is 400 Å². The zero-order chi connectivity index (χ0) is 46.2. The summed E-state index contributed by atoms with van der Waals surface area (Å²) < 4.78 is 17.9. The van der Waals surface area contributed by atoms with Crippen molar-refractivity contribution in [1.29, 1.82) is 10.5 Å². The second-order valence-corrected chi connectivity index (χ2v) is 18.0. The molecule has 2 aliphatic heterocycles. The van der Waals surface area contributed by atoms with Gasteiger partial charge in [-0.05, 0) is 115 Å². The third-order valence-electron chi connectivity index (χ3n) is 14.5. The van der Waals surface area contributed by atoms with Crippen LogP contribution in [-0.2, 0) is 5.41 Å². The Morgan fingerprint density at radius 2 is 0.957 bits per heavy atom. The largest absolute Gasteiger partial charge is 0.457 e. The molecular formula is C61H33N7O2. The maximum absolute atomic E-state index is 10.2. The fourth-order valence-corrected chi connectivity index (χ4v) is 11.6. The molecule has 4 aromatic heterocycles. The van der Waals surface area contributed by atoms with Gasteiger partial charge in [-0.3, -0.25) is 9.97 Å². The summed E-state index contributed by atoms with van der Waals surface area (Å²) in [5.41, 5.74) is 14.6. The van der Waals surface area contributed by atoms with Crippen LogP contribution in [0.5, 0.6) is 23.0 Å². The second-order valence-electron chi connectivity index (χ2n) is 18.0. The number of para-hydroxylation sites is 6. The Bertz CT molecular complexity index is 4330. The van der Waals surface area contributed by atoms with Gasteiger partial charge in [0, 0.05) is 61.9 Å². The number of nitriles is 2. The fourth-order valence-electron chi connectivity index (χ4n) is 11.6. The molecule has 8 aromatic carbocycles. The minimum absolute atomic E-state index is 0.583. The van der Waals surface area contributed by atoms with Gasteiger partial charge in [-0.2, -0.15) is 10.5 Å². The monoisotopic (exact) mass is 895 g/mol. The van der Waals surface area contributed by atoms with Crippen molar-refractivity contribution in [2.45, 2.75) is 5.41 Å². The van der Waals surface area contributed by atoms with Crippen molar-refractivity contribution < 1.29 is 9.47 Å². The molecule has 70 heavy (non-hydrogen) atoms. The van der Waals surface area contributed by atoms with Crippen LogP contribution in [0.1, 0.15) is 33.4 Å². The molecule has 0 amide bonds. The number of anilines is 3. The van der Waals surface area contributed by atoms with E-state index < -0.39 is 5.41 Å². The van der Waals surface area contributed by atoms with Crippen molar-refractivity contribution >= 4 is 60.7 Å². The number of fused-ring (bicyclic) bond motifs is 17. The molecule has 0 saturated heterocycles. The summed E-state index contributed by atoms with van der Waals surface area (Å²) in [6.07, 6.45) is 3.78. The maximum atomic E-state index is 10.2. The van der Waals surface area contributed by atoms with Crippen LogP contribution in [0, 0.1) is 22.7 Å². The van der Waals surface area contributed by atoms with E-state index >= 15 is 0 Å². The molecule has 3 aliphatic rings. The van der Waals surface area contributed by atoms with Crippen molar-refractivity contribution in [3.63, 3.8) is 0 Å². The standard InChI is InChI=1S/C61H33N7O2/c62-33-36-19-24-50-42(28-36)41-10-1-3-13-49(41)68(50)40-31-48-60(65-35-40)59-47(12-9-27-64-59)61(48)45-11-2-6-16-55(45)69-58-32-39(21-23-46(58)61)66-51-25-20-37(34-63)29-43(51)44-30-38(22-26-52(44)66)67-53-14-4-7-17-56(53)70-57-18-8-5-15-54(57)67/h1-32,35H. The lowest BCUT2D eigenvalue weighted by atomic mass is 9.66. The summed E-state index contributed by atoms with van der Waals surface area (Å²) >= 11 is 0. The van der Waals surface area contributed by atoms with Gasteiger partial charge in [-0.25, -0.2) is 0 Å². The predicted molar refractivity (Wildman–Crippen MR) is 272 cm³/mol. The second kappa shape index (κ2) is 14.0. The molecule has 0 N–H and O–H groups in total. The molecule has 0 bridgehead atoms. The summed E-state index contributed by atoms with van der Waals surface area (Å²) in [6, 6.07) is 68.9. The van der Waals surface area contributed by atoms with Gasteiger partial charge < -0.3 is 23.5 Å². The number of rotatable bonds is 3. The molecule has 1 unspecified atom stereocenters. The van der Waals surface area contributed by atoms with Crippen LogP contribution < -0.4 is 14.4 Å². The van der Waals surface area contributed by atoms with Crippen molar-refractivity contribution in [2.75, 3.05) is 4.90 Å². The molecule has 1 atom stereocenters. The average molecular weight is 896 g/mol. The Hall–Kier alpha value is -9.96. The molecule has 0 radical (unpaired) electrons. The molecule has 1 aliphatic carbocycles. The lowest BCUT2D eigenvalue weighted by Crippen LogP contribution is -2.32. The normalized spacial score (nSPS) is 14.8. The molecule has 0 fully saturated rings. The maximum Gasteiger partial charge on any atom is 0.151 e. The van der Waals surface area contributed by atoms with E-state index in [1.54, 1.807) is 0 Å². The first kappa shape index (κ1) is 38.2. The minimum Gasteiger partial charge on any atom is -0.457 e. The molecule has 12 aromatic rings. The first-order valence-corrected chi connectivity index (χ1v) is 23.1.